The number of amides is 1. The molecule has 1 aliphatic heterocycles. The van der Waals surface area contributed by atoms with Gasteiger partial charge >= 0.3 is 0 Å². The number of carbonyl (C=O) groups excluding carboxylic acids is 1. The molecule has 1 aliphatic rings. The number of imidazole rings is 1. The molecular weight excluding hydrogens is 330 g/mol. The number of hydrogen-bond donors (Lipinski definition) is 1. The van der Waals surface area contributed by atoms with Crippen LogP contribution in [-0.2, 0) is 9.53 Å². The molecule has 0 aliphatic carbocycles. The quantitative estimate of drug-likeness (QED) is 0.782. The SMILES string of the molecule is C[C@@H](C(=O)Nc1ccc(N2CCOCC2)cn1)n1cnc2ccccc21. The summed E-state index contributed by atoms with van der Waals surface area (Å²) >= 11 is 0. The Morgan fingerprint density at radius 2 is 1.96 bits per heavy atom. The number of aromatic nitrogens is 3. The van der Waals surface area contributed by atoms with Crippen LogP contribution in [0.25, 0.3) is 11.0 Å². The summed E-state index contributed by atoms with van der Waals surface area (Å²) in [7, 11) is 0. The van der Waals surface area contributed by atoms with Crippen molar-refractivity contribution >= 4 is 28.4 Å². The predicted octanol–water partition coefficient (Wildman–Crippen LogP) is 2.47. The molecule has 0 unspecified atom stereocenters. The summed E-state index contributed by atoms with van der Waals surface area (Å²) in [5.74, 6) is 0.419. The van der Waals surface area contributed by atoms with Crippen molar-refractivity contribution in [2.75, 3.05) is 36.5 Å². The second-order valence-corrected chi connectivity index (χ2v) is 6.31. The van der Waals surface area contributed by atoms with Gasteiger partial charge in [-0.3, -0.25) is 4.79 Å². The van der Waals surface area contributed by atoms with Crippen molar-refractivity contribution in [1.82, 2.24) is 14.5 Å². The molecule has 3 aromatic rings. The lowest BCUT2D eigenvalue weighted by Crippen LogP contribution is -2.36. The number of nitrogens with one attached hydrogen (secondary N) is 1. The first-order chi connectivity index (χ1) is 12.7. The fourth-order valence-electron chi connectivity index (χ4n) is 3.11. The van der Waals surface area contributed by atoms with Crippen molar-refractivity contribution in [2.24, 2.45) is 0 Å². The Hall–Kier alpha value is -2.93. The zero-order valence-corrected chi connectivity index (χ0v) is 14.6. The third kappa shape index (κ3) is 3.25. The number of anilines is 2. The monoisotopic (exact) mass is 351 g/mol. The number of fused-ring (bicyclic) bond motifs is 1. The van der Waals surface area contributed by atoms with Gasteiger partial charge in [-0.1, -0.05) is 12.1 Å². The van der Waals surface area contributed by atoms with Crippen LogP contribution < -0.4 is 10.2 Å². The smallest absolute Gasteiger partial charge is 0.248 e. The van der Waals surface area contributed by atoms with Gasteiger partial charge in [0.05, 0.1) is 42.5 Å². The molecule has 2 aromatic heterocycles. The third-order valence-electron chi connectivity index (χ3n) is 4.65. The van der Waals surface area contributed by atoms with E-state index in [-0.39, 0.29) is 11.9 Å². The van der Waals surface area contributed by atoms with Gasteiger partial charge in [-0.25, -0.2) is 9.97 Å². The largest absolute Gasteiger partial charge is 0.378 e. The van der Waals surface area contributed by atoms with Crippen molar-refractivity contribution in [2.45, 2.75) is 13.0 Å². The highest BCUT2D eigenvalue weighted by molar-refractivity contribution is 5.93. The Morgan fingerprint density at radius 1 is 1.15 bits per heavy atom. The lowest BCUT2D eigenvalue weighted by molar-refractivity contribution is -0.118. The summed E-state index contributed by atoms with van der Waals surface area (Å²) in [5.41, 5.74) is 2.85. The molecule has 134 valence electrons. The number of morpholine rings is 1. The molecule has 1 N–H and O–H groups in total. The minimum absolute atomic E-state index is 0.125. The minimum atomic E-state index is -0.386. The van der Waals surface area contributed by atoms with Crippen LogP contribution in [0.15, 0.2) is 48.9 Å². The van der Waals surface area contributed by atoms with E-state index < -0.39 is 0 Å². The molecule has 0 spiro atoms. The molecule has 1 fully saturated rings. The van der Waals surface area contributed by atoms with Crippen LogP contribution >= 0.6 is 0 Å². The van der Waals surface area contributed by atoms with Gasteiger partial charge in [-0.15, -0.1) is 0 Å². The average molecular weight is 351 g/mol. The zero-order valence-electron chi connectivity index (χ0n) is 14.6. The fourth-order valence-corrected chi connectivity index (χ4v) is 3.11. The van der Waals surface area contributed by atoms with Gasteiger partial charge in [0.2, 0.25) is 5.91 Å². The number of nitrogens with zero attached hydrogens (tertiary/aromatic N) is 4. The van der Waals surface area contributed by atoms with Crippen LogP contribution in [-0.4, -0.2) is 46.7 Å². The highest BCUT2D eigenvalue weighted by Crippen LogP contribution is 2.20. The average Bonchev–Trinajstić information content (AvgIpc) is 3.13. The molecule has 0 bridgehead atoms. The molecule has 4 rings (SSSR count). The van der Waals surface area contributed by atoms with E-state index in [1.807, 2.05) is 47.9 Å². The van der Waals surface area contributed by atoms with E-state index in [1.54, 1.807) is 12.5 Å². The van der Waals surface area contributed by atoms with E-state index in [9.17, 15) is 4.79 Å². The van der Waals surface area contributed by atoms with Crippen LogP contribution in [0.3, 0.4) is 0 Å². The Bertz CT molecular complexity index is 900. The lowest BCUT2D eigenvalue weighted by atomic mass is 10.2. The lowest BCUT2D eigenvalue weighted by Gasteiger charge is -2.28. The van der Waals surface area contributed by atoms with Crippen molar-refractivity contribution in [3.63, 3.8) is 0 Å². The number of carbonyl (C=O) groups is 1. The maximum Gasteiger partial charge on any atom is 0.248 e. The highest BCUT2D eigenvalue weighted by atomic mass is 16.5. The first-order valence-electron chi connectivity index (χ1n) is 8.73. The fraction of sp³-hybridized carbons (Fsp3) is 0.316. The minimum Gasteiger partial charge on any atom is -0.378 e. The van der Waals surface area contributed by atoms with Gasteiger partial charge in [0.15, 0.2) is 0 Å². The van der Waals surface area contributed by atoms with Crippen molar-refractivity contribution in [3.8, 4) is 0 Å². The molecule has 0 saturated carbocycles. The zero-order chi connectivity index (χ0) is 17.9. The van der Waals surface area contributed by atoms with Gasteiger partial charge in [0.1, 0.15) is 11.9 Å². The second-order valence-electron chi connectivity index (χ2n) is 6.31. The standard InChI is InChI=1S/C19H21N5O2/c1-14(24-13-21-16-4-2-3-5-17(16)24)19(25)22-18-7-6-15(12-20-18)23-8-10-26-11-9-23/h2-7,12-14H,8-11H2,1H3,(H,20,22,25)/t14-/m0/s1. The summed E-state index contributed by atoms with van der Waals surface area (Å²) in [6.45, 7) is 5.03. The number of hydrogen-bond acceptors (Lipinski definition) is 5. The molecule has 1 amide bonds. The van der Waals surface area contributed by atoms with E-state index in [4.69, 9.17) is 4.74 Å². The Morgan fingerprint density at radius 3 is 2.73 bits per heavy atom. The predicted molar refractivity (Wildman–Crippen MR) is 100 cm³/mol. The van der Waals surface area contributed by atoms with Crippen LogP contribution in [0.5, 0.6) is 0 Å². The van der Waals surface area contributed by atoms with Crippen molar-refractivity contribution in [3.05, 3.63) is 48.9 Å². The summed E-state index contributed by atoms with van der Waals surface area (Å²) in [5, 5.41) is 2.88. The maximum absolute atomic E-state index is 12.6. The normalized spacial score (nSPS) is 15.8. The summed E-state index contributed by atoms with van der Waals surface area (Å²) in [6, 6.07) is 11.2. The number of benzene rings is 1. The number of pyridine rings is 1. The first-order valence-corrected chi connectivity index (χ1v) is 8.73. The van der Waals surface area contributed by atoms with Gasteiger partial charge < -0.3 is 19.5 Å². The van der Waals surface area contributed by atoms with Crippen LogP contribution in [0.1, 0.15) is 13.0 Å². The third-order valence-corrected chi connectivity index (χ3v) is 4.65. The van der Waals surface area contributed by atoms with Crippen molar-refractivity contribution in [1.29, 1.82) is 0 Å². The Balaban J connectivity index is 1.45. The summed E-state index contributed by atoms with van der Waals surface area (Å²) in [6.07, 6.45) is 3.49. The number of para-hydroxylation sites is 2. The second kappa shape index (κ2) is 7.13. The Kier molecular flexibility index (Phi) is 4.53. The molecule has 7 nitrogen and oxygen atoms in total. The van der Waals surface area contributed by atoms with Gasteiger partial charge in [-0.2, -0.15) is 0 Å². The van der Waals surface area contributed by atoms with E-state index in [2.05, 4.69) is 20.2 Å². The van der Waals surface area contributed by atoms with E-state index in [0.717, 1.165) is 43.0 Å². The molecule has 26 heavy (non-hydrogen) atoms. The van der Waals surface area contributed by atoms with E-state index in [0.29, 0.717) is 5.82 Å². The molecule has 0 radical (unpaired) electrons. The molecule has 1 aromatic carbocycles. The molecule has 1 atom stereocenters. The topological polar surface area (TPSA) is 72.3 Å². The van der Waals surface area contributed by atoms with E-state index in [1.165, 1.54) is 0 Å². The molecular formula is C19H21N5O2. The van der Waals surface area contributed by atoms with Gasteiger partial charge in [0, 0.05) is 13.1 Å². The summed E-state index contributed by atoms with van der Waals surface area (Å²) < 4.78 is 7.23. The number of ether oxygens (including phenoxy) is 1. The summed E-state index contributed by atoms with van der Waals surface area (Å²) in [4.78, 5) is 23.6. The molecule has 7 heteroatoms. The van der Waals surface area contributed by atoms with Gasteiger partial charge in [0.25, 0.3) is 0 Å². The van der Waals surface area contributed by atoms with Gasteiger partial charge in [-0.05, 0) is 31.2 Å². The molecule has 1 saturated heterocycles. The maximum atomic E-state index is 12.6. The molecule has 3 heterocycles. The van der Waals surface area contributed by atoms with Crippen LogP contribution in [0.4, 0.5) is 11.5 Å². The van der Waals surface area contributed by atoms with Crippen LogP contribution in [0, 0.1) is 0 Å². The highest BCUT2D eigenvalue weighted by Gasteiger charge is 2.18. The van der Waals surface area contributed by atoms with E-state index >= 15 is 0 Å². The number of rotatable bonds is 4. The Labute approximate surface area is 151 Å². The van der Waals surface area contributed by atoms with Crippen LogP contribution in [0.2, 0.25) is 0 Å². The van der Waals surface area contributed by atoms with Crippen molar-refractivity contribution < 1.29 is 9.53 Å². The first kappa shape index (κ1) is 16.5.